The van der Waals surface area contributed by atoms with E-state index in [1.54, 1.807) is 29.2 Å². The third-order valence-electron chi connectivity index (χ3n) is 7.13. The van der Waals surface area contributed by atoms with Gasteiger partial charge < -0.3 is 4.90 Å². The number of piperidine rings is 1. The molecule has 0 N–H and O–H groups in total. The fourth-order valence-electron chi connectivity index (χ4n) is 5.38. The molecule has 5 rings (SSSR count). The van der Waals surface area contributed by atoms with Crippen molar-refractivity contribution in [3.05, 3.63) is 71.3 Å². The Kier molecular flexibility index (Phi) is 5.69. The van der Waals surface area contributed by atoms with Crippen molar-refractivity contribution in [1.29, 1.82) is 5.26 Å². The highest BCUT2D eigenvalue weighted by atomic mass is 16.2. The molecule has 7 nitrogen and oxygen atoms in total. The van der Waals surface area contributed by atoms with E-state index in [1.165, 1.54) is 10.5 Å². The van der Waals surface area contributed by atoms with Crippen LogP contribution in [0.3, 0.4) is 0 Å². The molecule has 0 unspecified atom stereocenters. The summed E-state index contributed by atoms with van der Waals surface area (Å²) in [5.74, 6) is -0.667. The first kappa shape index (κ1) is 21.4. The number of carbonyl (C=O) groups excluding carboxylic acids is 3. The van der Waals surface area contributed by atoms with Gasteiger partial charge in [0.25, 0.3) is 5.91 Å². The Hall–Kier alpha value is -3.50. The molecule has 2 atom stereocenters. The van der Waals surface area contributed by atoms with Crippen LogP contribution in [-0.4, -0.2) is 64.6 Å². The summed E-state index contributed by atoms with van der Waals surface area (Å²) in [6.45, 7) is 3.02. The molecule has 3 amide bonds. The molecule has 0 radical (unpaired) electrons. The summed E-state index contributed by atoms with van der Waals surface area (Å²) in [5.41, 5.74) is 2.26. The maximum absolute atomic E-state index is 13.2. The van der Waals surface area contributed by atoms with Crippen LogP contribution in [0.5, 0.6) is 0 Å². The van der Waals surface area contributed by atoms with Gasteiger partial charge in [-0.25, -0.2) is 0 Å². The number of nitrogens with zero attached hydrogens (tertiary/aromatic N) is 4. The third kappa shape index (κ3) is 4.03. The Labute approximate surface area is 193 Å². The summed E-state index contributed by atoms with van der Waals surface area (Å²) in [6, 6.07) is 18.7. The number of likely N-dealkylation sites (tertiary alicyclic amines) is 3. The van der Waals surface area contributed by atoms with Crippen LogP contribution in [0.4, 0.5) is 0 Å². The summed E-state index contributed by atoms with van der Waals surface area (Å²) in [5, 5.41) is 8.92. The molecule has 3 fully saturated rings. The highest BCUT2D eigenvalue weighted by molar-refractivity contribution is 6.06. The molecule has 0 bridgehead atoms. The number of amides is 3. The van der Waals surface area contributed by atoms with Crippen LogP contribution in [0.15, 0.2) is 54.6 Å². The number of benzene rings is 2. The average Bonchev–Trinajstić information content (AvgIpc) is 3.37. The number of nitriles is 1. The molecular weight excluding hydrogens is 416 g/mol. The first-order valence-electron chi connectivity index (χ1n) is 11.5. The Bertz CT molecular complexity index is 1080. The zero-order valence-corrected chi connectivity index (χ0v) is 18.4. The van der Waals surface area contributed by atoms with Gasteiger partial charge in [-0.2, -0.15) is 5.26 Å². The van der Waals surface area contributed by atoms with Gasteiger partial charge in [0.05, 0.1) is 23.5 Å². The Morgan fingerprint density at radius 3 is 2.09 bits per heavy atom. The molecule has 0 spiro atoms. The van der Waals surface area contributed by atoms with Gasteiger partial charge in [0.1, 0.15) is 0 Å². The van der Waals surface area contributed by atoms with Crippen molar-refractivity contribution >= 4 is 17.7 Å². The lowest BCUT2D eigenvalue weighted by Crippen LogP contribution is -2.50. The number of fused-ring (bicyclic) bond motifs is 1. The molecule has 2 aromatic carbocycles. The van der Waals surface area contributed by atoms with Gasteiger partial charge in [-0.3, -0.25) is 24.2 Å². The highest BCUT2D eigenvalue weighted by Gasteiger charge is 2.54. The fraction of sp³-hybridized carbons (Fsp3) is 0.385. The predicted molar refractivity (Wildman–Crippen MR) is 121 cm³/mol. The lowest BCUT2D eigenvalue weighted by molar-refractivity contribution is -0.144. The molecule has 2 aromatic rings. The van der Waals surface area contributed by atoms with Crippen molar-refractivity contribution in [3.63, 3.8) is 0 Å². The van der Waals surface area contributed by atoms with Crippen LogP contribution in [0, 0.1) is 23.2 Å². The Balaban J connectivity index is 1.18. The van der Waals surface area contributed by atoms with Crippen molar-refractivity contribution in [3.8, 4) is 6.07 Å². The van der Waals surface area contributed by atoms with E-state index in [1.807, 2.05) is 18.2 Å². The van der Waals surface area contributed by atoms with Crippen molar-refractivity contribution in [2.75, 3.05) is 26.2 Å². The fourth-order valence-corrected chi connectivity index (χ4v) is 5.38. The number of hydrogen-bond acceptors (Lipinski definition) is 5. The SMILES string of the molecule is N#Cc1ccc(C(=O)N2CCC(N3C(=O)[C@H]4CN(Cc5ccccc5)C[C@H]4C3=O)CC2)cc1. The molecule has 33 heavy (non-hydrogen) atoms. The molecule has 0 aliphatic carbocycles. The number of rotatable bonds is 4. The van der Waals surface area contributed by atoms with Gasteiger partial charge in [0, 0.05) is 44.3 Å². The normalized spacial score (nSPS) is 23.6. The van der Waals surface area contributed by atoms with E-state index >= 15 is 0 Å². The molecule has 0 aromatic heterocycles. The third-order valence-corrected chi connectivity index (χ3v) is 7.13. The van der Waals surface area contributed by atoms with Gasteiger partial charge >= 0.3 is 0 Å². The maximum Gasteiger partial charge on any atom is 0.253 e. The van der Waals surface area contributed by atoms with E-state index in [9.17, 15) is 14.4 Å². The van der Waals surface area contributed by atoms with E-state index in [-0.39, 0.29) is 35.6 Å². The lowest BCUT2D eigenvalue weighted by Gasteiger charge is -2.36. The van der Waals surface area contributed by atoms with E-state index in [0.29, 0.717) is 50.1 Å². The van der Waals surface area contributed by atoms with E-state index < -0.39 is 0 Å². The monoisotopic (exact) mass is 442 g/mol. The van der Waals surface area contributed by atoms with Crippen LogP contribution < -0.4 is 0 Å². The van der Waals surface area contributed by atoms with Crippen molar-refractivity contribution in [2.45, 2.75) is 25.4 Å². The van der Waals surface area contributed by atoms with E-state index in [0.717, 1.165) is 6.54 Å². The predicted octanol–water partition coefficient (Wildman–Crippen LogP) is 2.28. The molecule has 0 saturated carbocycles. The number of hydrogen-bond donors (Lipinski definition) is 0. The van der Waals surface area contributed by atoms with Crippen LogP contribution in [-0.2, 0) is 16.1 Å². The summed E-state index contributed by atoms with van der Waals surface area (Å²) in [6.07, 6.45) is 1.21. The molecule has 3 heterocycles. The smallest absolute Gasteiger partial charge is 0.253 e. The Morgan fingerprint density at radius 1 is 0.909 bits per heavy atom. The van der Waals surface area contributed by atoms with Crippen LogP contribution in [0.2, 0.25) is 0 Å². The van der Waals surface area contributed by atoms with Crippen LogP contribution in [0.25, 0.3) is 0 Å². The summed E-state index contributed by atoms with van der Waals surface area (Å²) < 4.78 is 0. The minimum atomic E-state index is -0.250. The second-order valence-corrected chi connectivity index (χ2v) is 9.15. The molecule has 168 valence electrons. The largest absolute Gasteiger partial charge is 0.338 e. The van der Waals surface area contributed by atoms with E-state index in [2.05, 4.69) is 23.1 Å². The first-order valence-corrected chi connectivity index (χ1v) is 11.5. The summed E-state index contributed by atoms with van der Waals surface area (Å²) in [7, 11) is 0. The average molecular weight is 443 g/mol. The van der Waals surface area contributed by atoms with Gasteiger partial charge in [-0.1, -0.05) is 30.3 Å². The zero-order valence-electron chi connectivity index (χ0n) is 18.4. The van der Waals surface area contributed by atoms with Crippen LogP contribution in [0.1, 0.15) is 34.3 Å². The van der Waals surface area contributed by atoms with Crippen molar-refractivity contribution in [1.82, 2.24) is 14.7 Å². The zero-order chi connectivity index (χ0) is 22.9. The highest BCUT2D eigenvalue weighted by Crippen LogP contribution is 2.37. The topological polar surface area (TPSA) is 84.7 Å². The second-order valence-electron chi connectivity index (χ2n) is 9.15. The molecule has 3 aliphatic rings. The molecular formula is C26H26N4O3. The molecule has 3 saturated heterocycles. The lowest BCUT2D eigenvalue weighted by atomic mass is 10.00. The maximum atomic E-state index is 13.2. The van der Waals surface area contributed by atoms with Crippen LogP contribution >= 0.6 is 0 Å². The van der Waals surface area contributed by atoms with Crippen molar-refractivity contribution in [2.24, 2.45) is 11.8 Å². The quantitative estimate of drug-likeness (QED) is 0.679. The van der Waals surface area contributed by atoms with Crippen molar-refractivity contribution < 1.29 is 14.4 Å². The van der Waals surface area contributed by atoms with Gasteiger partial charge in [-0.05, 0) is 42.7 Å². The standard InChI is InChI=1S/C26H26N4O3/c27-14-18-6-8-20(9-7-18)24(31)29-12-10-21(11-13-29)30-25(32)22-16-28(17-23(22)26(30)33)15-19-4-2-1-3-5-19/h1-9,21-23H,10-13,15-17H2/t22-,23+. The molecule has 7 heteroatoms. The van der Waals surface area contributed by atoms with E-state index in [4.69, 9.17) is 5.26 Å². The van der Waals surface area contributed by atoms with Gasteiger partial charge in [0.2, 0.25) is 11.8 Å². The number of imide groups is 1. The summed E-state index contributed by atoms with van der Waals surface area (Å²) in [4.78, 5) is 44.6. The Morgan fingerprint density at radius 2 is 1.52 bits per heavy atom. The summed E-state index contributed by atoms with van der Waals surface area (Å²) >= 11 is 0. The molecule has 3 aliphatic heterocycles. The van der Waals surface area contributed by atoms with Gasteiger partial charge in [-0.15, -0.1) is 0 Å². The van der Waals surface area contributed by atoms with Gasteiger partial charge in [0.15, 0.2) is 0 Å². The minimum Gasteiger partial charge on any atom is -0.338 e. The second kappa shape index (κ2) is 8.80. The number of carbonyl (C=O) groups is 3. The minimum absolute atomic E-state index is 0.0440. The first-order chi connectivity index (χ1) is 16.0.